The third kappa shape index (κ3) is 5.60. The molecule has 0 saturated heterocycles. The number of hydrogen-bond acceptors (Lipinski definition) is 1. The lowest BCUT2D eigenvalue weighted by Gasteiger charge is -2.26. The molecule has 0 aromatic heterocycles. The van der Waals surface area contributed by atoms with Crippen LogP contribution in [0.25, 0.3) is 0 Å². The van der Waals surface area contributed by atoms with Gasteiger partial charge in [-0.1, -0.05) is 56.4 Å². The van der Waals surface area contributed by atoms with Gasteiger partial charge in [0, 0.05) is 5.92 Å². The summed E-state index contributed by atoms with van der Waals surface area (Å²) in [5, 5.41) is 0. The second-order valence-electron chi connectivity index (χ2n) is 7.90. The zero-order valence-electron chi connectivity index (χ0n) is 17.4. The highest BCUT2D eigenvalue weighted by molar-refractivity contribution is 5.41. The predicted octanol–water partition coefficient (Wildman–Crippen LogP) is 7.03. The Bertz CT molecular complexity index is 853. The summed E-state index contributed by atoms with van der Waals surface area (Å²) in [5.74, 6) is 4.95. The van der Waals surface area contributed by atoms with Crippen molar-refractivity contribution in [2.45, 2.75) is 64.7 Å². The van der Waals surface area contributed by atoms with Crippen molar-refractivity contribution in [3.8, 4) is 17.6 Å². The van der Waals surface area contributed by atoms with Gasteiger partial charge in [0.25, 0.3) is 0 Å². The molecule has 3 heteroatoms. The molecule has 0 atom stereocenters. The lowest BCUT2D eigenvalue weighted by Crippen LogP contribution is -2.12. The Labute approximate surface area is 173 Å². The SMILES string of the molecule is CCCOc1ccc(C#CC2CCC(c3ccc(CCC)cc3)CC2)c(F)c1F. The van der Waals surface area contributed by atoms with Gasteiger partial charge in [-0.3, -0.25) is 0 Å². The van der Waals surface area contributed by atoms with Gasteiger partial charge in [0.1, 0.15) is 0 Å². The molecule has 1 fully saturated rings. The van der Waals surface area contributed by atoms with Crippen LogP contribution < -0.4 is 4.74 Å². The summed E-state index contributed by atoms with van der Waals surface area (Å²) in [4.78, 5) is 0. The van der Waals surface area contributed by atoms with Crippen molar-refractivity contribution >= 4 is 0 Å². The Morgan fingerprint density at radius 2 is 1.62 bits per heavy atom. The van der Waals surface area contributed by atoms with Crippen molar-refractivity contribution in [1.82, 2.24) is 0 Å². The van der Waals surface area contributed by atoms with Crippen LogP contribution in [0.1, 0.15) is 75.0 Å². The van der Waals surface area contributed by atoms with Gasteiger partial charge < -0.3 is 4.74 Å². The first-order valence-corrected chi connectivity index (χ1v) is 10.8. The average Bonchev–Trinajstić information content (AvgIpc) is 2.75. The highest BCUT2D eigenvalue weighted by Gasteiger charge is 2.21. The maximum absolute atomic E-state index is 14.3. The first-order valence-electron chi connectivity index (χ1n) is 10.8. The Morgan fingerprint density at radius 1 is 0.897 bits per heavy atom. The minimum Gasteiger partial charge on any atom is -0.490 e. The van der Waals surface area contributed by atoms with Crippen LogP contribution in [0.5, 0.6) is 5.75 Å². The van der Waals surface area contributed by atoms with Crippen molar-refractivity contribution < 1.29 is 13.5 Å². The van der Waals surface area contributed by atoms with E-state index in [9.17, 15) is 8.78 Å². The molecule has 1 saturated carbocycles. The standard InChI is InChI=1S/C26H30F2O/c1-3-5-19-6-11-21(12-7-19)22-13-8-20(9-14-22)10-15-23-16-17-24(29-18-4-2)26(28)25(23)27/h6-7,11-12,16-17,20,22H,3-5,8-9,13-14,18H2,1-2H3. The lowest BCUT2D eigenvalue weighted by molar-refractivity contribution is 0.295. The van der Waals surface area contributed by atoms with E-state index in [2.05, 4.69) is 43.0 Å². The van der Waals surface area contributed by atoms with Crippen LogP contribution in [0.3, 0.4) is 0 Å². The van der Waals surface area contributed by atoms with Crippen LogP contribution in [0.2, 0.25) is 0 Å². The van der Waals surface area contributed by atoms with Crippen LogP contribution in [0.15, 0.2) is 36.4 Å². The molecule has 3 rings (SSSR count). The maximum Gasteiger partial charge on any atom is 0.201 e. The fourth-order valence-corrected chi connectivity index (χ4v) is 3.95. The van der Waals surface area contributed by atoms with Crippen molar-refractivity contribution in [2.75, 3.05) is 6.61 Å². The zero-order valence-corrected chi connectivity index (χ0v) is 17.4. The number of hydrogen-bond donors (Lipinski definition) is 0. The van der Waals surface area contributed by atoms with Gasteiger partial charge in [-0.05, 0) is 67.7 Å². The maximum atomic E-state index is 14.3. The normalized spacial score (nSPS) is 18.8. The molecule has 0 heterocycles. The summed E-state index contributed by atoms with van der Waals surface area (Å²) in [7, 11) is 0. The third-order valence-corrected chi connectivity index (χ3v) is 5.64. The van der Waals surface area contributed by atoms with Crippen LogP contribution in [0, 0.1) is 29.4 Å². The predicted molar refractivity (Wildman–Crippen MR) is 114 cm³/mol. The zero-order chi connectivity index (χ0) is 20.6. The molecular formula is C26H30F2O. The molecule has 0 aliphatic heterocycles. The van der Waals surface area contributed by atoms with Crippen LogP contribution in [0.4, 0.5) is 8.78 Å². The monoisotopic (exact) mass is 396 g/mol. The summed E-state index contributed by atoms with van der Waals surface area (Å²) in [6, 6.07) is 12.0. The largest absolute Gasteiger partial charge is 0.490 e. The van der Waals surface area contributed by atoms with Gasteiger partial charge in [-0.25, -0.2) is 4.39 Å². The van der Waals surface area contributed by atoms with E-state index in [0.717, 1.165) is 38.5 Å². The smallest absolute Gasteiger partial charge is 0.201 e. The van der Waals surface area contributed by atoms with E-state index in [1.807, 2.05) is 6.92 Å². The Balaban J connectivity index is 1.59. The molecule has 29 heavy (non-hydrogen) atoms. The van der Waals surface area contributed by atoms with E-state index in [0.29, 0.717) is 12.5 Å². The van der Waals surface area contributed by atoms with Crippen LogP contribution in [-0.4, -0.2) is 6.61 Å². The minimum atomic E-state index is -0.944. The molecule has 1 nitrogen and oxygen atoms in total. The molecule has 0 N–H and O–H groups in total. The quantitative estimate of drug-likeness (QED) is 0.476. The molecule has 1 aliphatic rings. The third-order valence-electron chi connectivity index (χ3n) is 5.64. The van der Waals surface area contributed by atoms with Crippen molar-refractivity contribution in [3.05, 3.63) is 64.7 Å². The summed E-state index contributed by atoms with van der Waals surface area (Å²) in [5.41, 5.74) is 2.92. The van der Waals surface area contributed by atoms with Crippen molar-refractivity contribution in [1.29, 1.82) is 0 Å². The molecule has 154 valence electrons. The van der Waals surface area contributed by atoms with E-state index in [1.54, 1.807) is 0 Å². The van der Waals surface area contributed by atoms with E-state index in [-0.39, 0.29) is 17.2 Å². The second kappa shape index (κ2) is 10.4. The van der Waals surface area contributed by atoms with Gasteiger partial charge in [0.05, 0.1) is 12.2 Å². The summed E-state index contributed by atoms with van der Waals surface area (Å²) < 4.78 is 33.6. The highest BCUT2D eigenvalue weighted by Crippen LogP contribution is 2.35. The number of halogens is 2. The number of rotatable bonds is 6. The van der Waals surface area contributed by atoms with Crippen molar-refractivity contribution in [3.63, 3.8) is 0 Å². The van der Waals surface area contributed by atoms with Gasteiger partial charge >= 0.3 is 0 Å². The molecule has 0 radical (unpaired) electrons. The molecule has 1 aliphatic carbocycles. The molecule has 0 unspecified atom stereocenters. The Morgan fingerprint density at radius 3 is 2.28 bits per heavy atom. The van der Waals surface area contributed by atoms with Gasteiger partial charge in [-0.2, -0.15) is 4.39 Å². The number of benzene rings is 2. The first kappa shape index (κ1) is 21.4. The van der Waals surface area contributed by atoms with Gasteiger partial charge in [-0.15, -0.1) is 0 Å². The summed E-state index contributed by atoms with van der Waals surface area (Å²) in [6.07, 6.45) is 7.22. The molecule has 2 aromatic carbocycles. The molecule has 2 aromatic rings. The van der Waals surface area contributed by atoms with Crippen LogP contribution >= 0.6 is 0 Å². The molecule has 0 amide bonds. The Kier molecular flexibility index (Phi) is 7.69. The minimum absolute atomic E-state index is 0.0413. The van der Waals surface area contributed by atoms with Crippen molar-refractivity contribution in [2.24, 2.45) is 5.92 Å². The van der Waals surface area contributed by atoms with E-state index in [4.69, 9.17) is 4.74 Å². The fraction of sp³-hybridized carbons (Fsp3) is 0.462. The Hall–Kier alpha value is -2.34. The topological polar surface area (TPSA) is 9.23 Å². The number of aryl methyl sites for hydroxylation is 1. The second-order valence-corrected chi connectivity index (χ2v) is 7.90. The average molecular weight is 397 g/mol. The summed E-state index contributed by atoms with van der Waals surface area (Å²) >= 11 is 0. The van der Waals surface area contributed by atoms with Gasteiger partial charge in [0.2, 0.25) is 5.82 Å². The fourth-order valence-electron chi connectivity index (χ4n) is 3.95. The first-order chi connectivity index (χ1) is 14.1. The summed E-state index contributed by atoms with van der Waals surface area (Å²) in [6.45, 7) is 4.49. The highest BCUT2D eigenvalue weighted by atomic mass is 19.2. The van der Waals surface area contributed by atoms with E-state index >= 15 is 0 Å². The van der Waals surface area contributed by atoms with E-state index < -0.39 is 11.6 Å². The van der Waals surface area contributed by atoms with E-state index in [1.165, 1.54) is 29.7 Å². The molecule has 0 bridgehead atoms. The molecule has 0 spiro atoms. The lowest BCUT2D eigenvalue weighted by atomic mass is 9.78. The number of ether oxygens (including phenoxy) is 1. The molecular weight excluding hydrogens is 366 g/mol. The van der Waals surface area contributed by atoms with Crippen LogP contribution in [-0.2, 0) is 6.42 Å². The van der Waals surface area contributed by atoms with Gasteiger partial charge in [0.15, 0.2) is 11.6 Å².